The van der Waals surface area contributed by atoms with Gasteiger partial charge in [-0.3, -0.25) is 0 Å². The Hall–Kier alpha value is -1.22. The van der Waals surface area contributed by atoms with Crippen LogP contribution in [0.3, 0.4) is 0 Å². The van der Waals surface area contributed by atoms with Crippen LogP contribution in [0.2, 0.25) is 0 Å². The molecule has 3 atom stereocenters. The third-order valence-electron chi connectivity index (χ3n) is 4.22. The minimum absolute atomic E-state index is 0.517. The smallest absolute Gasteiger partial charge is 0.126 e. The Bertz CT molecular complexity index is 431. The Labute approximate surface area is 116 Å². The van der Waals surface area contributed by atoms with Crippen LogP contribution < -0.4 is 9.64 Å². The molecule has 2 unspecified atom stereocenters. The van der Waals surface area contributed by atoms with Crippen molar-refractivity contribution < 1.29 is 9.84 Å². The van der Waals surface area contributed by atoms with Gasteiger partial charge in [0.15, 0.2) is 0 Å². The number of rotatable bonds is 4. The monoisotopic (exact) mass is 263 g/mol. The van der Waals surface area contributed by atoms with Crippen molar-refractivity contribution in [2.24, 2.45) is 0 Å². The summed E-state index contributed by atoms with van der Waals surface area (Å²) in [6, 6.07) is 7.13. The second-order valence-electron chi connectivity index (χ2n) is 5.46. The summed E-state index contributed by atoms with van der Waals surface area (Å²) in [7, 11) is 1.66. The molecule has 0 radical (unpaired) electrons. The van der Waals surface area contributed by atoms with Crippen LogP contribution in [0.25, 0.3) is 0 Å². The van der Waals surface area contributed by atoms with Crippen molar-refractivity contribution in [3.8, 4) is 5.75 Å². The molecule has 1 N–H and O–H groups in total. The van der Waals surface area contributed by atoms with E-state index in [1.807, 2.05) is 19.1 Å². The van der Waals surface area contributed by atoms with Gasteiger partial charge in [0, 0.05) is 23.3 Å². The first kappa shape index (κ1) is 14.2. The van der Waals surface area contributed by atoms with E-state index in [-0.39, 0.29) is 0 Å². The first-order valence-corrected chi connectivity index (χ1v) is 7.23. The molecule has 1 aromatic carbocycles. The van der Waals surface area contributed by atoms with Crippen molar-refractivity contribution in [2.45, 2.75) is 58.2 Å². The van der Waals surface area contributed by atoms with E-state index >= 15 is 0 Å². The van der Waals surface area contributed by atoms with Gasteiger partial charge in [-0.15, -0.1) is 0 Å². The quantitative estimate of drug-likeness (QED) is 0.902. The number of anilines is 1. The molecule has 2 rings (SSSR count). The normalized spacial score (nSPS) is 24.6. The van der Waals surface area contributed by atoms with Crippen LogP contribution in [-0.2, 0) is 0 Å². The van der Waals surface area contributed by atoms with Crippen LogP contribution in [-0.4, -0.2) is 24.3 Å². The van der Waals surface area contributed by atoms with Crippen molar-refractivity contribution in [1.29, 1.82) is 0 Å². The van der Waals surface area contributed by atoms with Crippen molar-refractivity contribution >= 4 is 5.69 Å². The molecule has 0 saturated carbocycles. The Morgan fingerprint density at radius 2 is 2.16 bits per heavy atom. The second-order valence-corrected chi connectivity index (χ2v) is 5.46. The lowest BCUT2D eigenvalue weighted by Crippen LogP contribution is -2.35. The topological polar surface area (TPSA) is 32.7 Å². The molecule has 19 heavy (non-hydrogen) atoms. The summed E-state index contributed by atoms with van der Waals surface area (Å²) in [6.07, 6.45) is 3.07. The van der Waals surface area contributed by atoms with Crippen LogP contribution in [0.4, 0.5) is 5.69 Å². The summed E-state index contributed by atoms with van der Waals surface area (Å²) in [5.41, 5.74) is 2.04. The minimum atomic E-state index is -0.517. The zero-order valence-electron chi connectivity index (χ0n) is 12.4. The van der Waals surface area contributed by atoms with Gasteiger partial charge in [0.25, 0.3) is 0 Å². The number of hydrogen-bond acceptors (Lipinski definition) is 3. The van der Waals surface area contributed by atoms with Gasteiger partial charge < -0.3 is 14.7 Å². The number of aliphatic hydroxyl groups excluding tert-OH is 1. The van der Waals surface area contributed by atoms with Crippen molar-refractivity contribution in [1.82, 2.24) is 0 Å². The maximum atomic E-state index is 10.1. The Morgan fingerprint density at radius 1 is 1.42 bits per heavy atom. The first-order chi connectivity index (χ1) is 9.10. The van der Waals surface area contributed by atoms with Crippen LogP contribution >= 0.6 is 0 Å². The summed E-state index contributed by atoms with van der Waals surface area (Å²) in [6.45, 7) is 6.31. The summed E-state index contributed by atoms with van der Waals surface area (Å²) < 4.78 is 5.42. The zero-order valence-corrected chi connectivity index (χ0v) is 12.4. The average molecular weight is 263 g/mol. The van der Waals surface area contributed by atoms with E-state index in [2.05, 4.69) is 24.8 Å². The number of benzene rings is 1. The van der Waals surface area contributed by atoms with Gasteiger partial charge in [-0.25, -0.2) is 0 Å². The number of ether oxygens (including phenoxy) is 1. The Balaban J connectivity index is 2.49. The van der Waals surface area contributed by atoms with Gasteiger partial charge in [0.1, 0.15) is 5.75 Å². The maximum Gasteiger partial charge on any atom is 0.126 e. The van der Waals surface area contributed by atoms with Crippen LogP contribution in [0.5, 0.6) is 5.75 Å². The van der Waals surface area contributed by atoms with Gasteiger partial charge in [0.05, 0.1) is 13.2 Å². The number of methoxy groups -OCH3 is 1. The fraction of sp³-hybridized carbons (Fsp3) is 0.625. The van der Waals surface area contributed by atoms with Crippen molar-refractivity contribution in [2.75, 3.05) is 12.0 Å². The minimum Gasteiger partial charge on any atom is -0.496 e. The van der Waals surface area contributed by atoms with E-state index in [0.29, 0.717) is 12.1 Å². The number of hydrogen-bond donors (Lipinski definition) is 1. The van der Waals surface area contributed by atoms with Gasteiger partial charge >= 0.3 is 0 Å². The molecule has 0 aromatic heterocycles. The molecule has 106 valence electrons. The summed E-state index contributed by atoms with van der Waals surface area (Å²) in [4.78, 5) is 2.46. The molecule has 1 aromatic rings. The fourth-order valence-electron chi connectivity index (χ4n) is 3.26. The van der Waals surface area contributed by atoms with Gasteiger partial charge in [0.2, 0.25) is 0 Å². The van der Waals surface area contributed by atoms with E-state index in [1.54, 1.807) is 7.11 Å². The van der Waals surface area contributed by atoms with Crippen LogP contribution in [0, 0.1) is 0 Å². The highest BCUT2D eigenvalue weighted by atomic mass is 16.5. The molecular formula is C16H25NO2. The molecular weight excluding hydrogens is 238 g/mol. The predicted octanol–water partition coefficient (Wildman–Crippen LogP) is 3.52. The largest absolute Gasteiger partial charge is 0.496 e. The highest BCUT2D eigenvalue weighted by molar-refractivity contribution is 5.62. The zero-order chi connectivity index (χ0) is 14.0. The third-order valence-corrected chi connectivity index (χ3v) is 4.22. The standard InChI is InChI=1S/C16H25NO2/c1-5-13-10-9-11(2)17(13)14-7-6-8-15(19-4)16(14)12(3)18/h6-8,11-13,18H,5,9-10H2,1-4H3/t11?,12-,13?/m1/s1. The van der Waals surface area contributed by atoms with Crippen molar-refractivity contribution in [3.63, 3.8) is 0 Å². The van der Waals surface area contributed by atoms with Crippen molar-refractivity contribution in [3.05, 3.63) is 23.8 Å². The molecule has 3 heteroatoms. The fourth-order valence-corrected chi connectivity index (χ4v) is 3.26. The average Bonchev–Trinajstić information content (AvgIpc) is 2.78. The molecule has 0 aliphatic carbocycles. The Kier molecular flexibility index (Phi) is 4.35. The Morgan fingerprint density at radius 3 is 2.74 bits per heavy atom. The van der Waals surface area contributed by atoms with E-state index in [1.165, 1.54) is 12.8 Å². The number of nitrogens with zero attached hydrogens (tertiary/aromatic N) is 1. The third kappa shape index (κ3) is 2.57. The molecule has 0 bridgehead atoms. The van der Waals surface area contributed by atoms with Gasteiger partial charge in [-0.1, -0.05) is 13.0 Å². The van der Waals surface area contributed by atoms with Crippen LogP contribution in [0.15, 0.2) is 18.2 Å². The summed E-state index contributed by atoms with van der Waals surface area (Å²) >= 11 is 0. The highest BCUT2D eigenvalue weighted by Gasteiger charge is 2.32. The SMILES string of the molecule is CCC1CCC(C)N1c1cccc(OC)c1[C@@H](C)O. The molecule has 1 fully saturated rings. The first-order valence-electron chi connectivity index (χ1n) is 7.23. The summed E-state index contributed by atoms with van der Waals surface area (Å²) in [5.74, 6) is 0.779. The maximum absolute atomic E-state index is 10.1. The van der Waals surface area contributed by atoms with Gasteiger partial charge in [-0.2, -0.15) is 0 Å². The molecule has 0 spiro atoms. The predicted molar refractivity (Wildman–Crippen MR) is 78.9 cm³/mol. The highest BCUT2D eigenvalue weighted by Crippen LogP contribution is 2.40. The molecule has 3 nitrogen and oxygen atoms in total. The molecule has 1 aliphatic heterocycles. The van der Waals surface area contributed by atoms with E-state index in [4.69, 9.17) is 4.74 Å². The van der Waals surface area contributed by atoms with E-state index in [0.717, 1.165) is 23.4 Å². The number of aliphatic hydroxyl groups is 1. The second kappa shape index (κ2) is 5.83. The molecule has 1 saturated heterocycles. The molecule has 1 aliphatic rings. The lowest BCUT2D eigenvalue weighted by Gasteiger charge is -2.33. The van der Waals surface area contributed by atoms with Gasteiger partial charge in [-0.05, 0) is 45.2 Å². The molecule has 0 amide bonds. The van der Waals surface area contributed by atoms with Crippen LogP contribution in [0.1, 0.15) is 51.7 Å². The lowest BCUT2D eigenvalue weighted by atomic mass is 10.0. The van der Waals surface area contributed by atoms with E-state index < -0.39 is 6.10 Å². The lowest BCUT2D eigenvalue weighted by molar-refractivity contribution is 0.194. The van der Waals surface area contributed by atoms with E-state index in [9.17, 15) is 5.11 Å². The molecule has 1 heterocycles. The summed E-state index contributed by atoms with van der Waals surface area (Å²) in [5, 5.41) is 10.1.